The molecule has 6 heteroatoms. The molecule has 1 aromatic heterocycles. The fraction of sp³-hybridized carbons (Fsp3) is 0.583. The molecule has 0 radical (unpaired) electrons. The van der Waals surface area contributed by atoms with Gasteiger partial charge in [-0.2, -0.15) is 0 Å². The Bertz CT molecular complexity index is 401. The van der Waals surface area contributed by atoms with Crippen molar-refractivity contribution in [3.8, 4) is 0 Å². The van der Waals surface area contributed by atoms with E-state index in [4.69, 9.17) is 14.2 Å². The highest BCUT2D eigenvalue weighted by atomic mass is 16.7. The standard InChI is InChI=1S/C12H20N2O4/c1-16-7-6-14-9-10(4-5-11(14)15)13-8-12(17-2)18-3/h4-5,9,12-13H,6-8H2,1-3H3. The molecule has 18 heavy (non-hydrogen) atoms. The first kappa shape index (κ1) is 14.7. The maximum Gasteiger partial charge on any atom is 0.250 e. The number of aromatic nitrogens is 1. The summed E-state index contributed by atoms with van der Waals surface area (Å²) in [5.74, 6) is 0. The number of rotatable bonds is 8. The van der Waals surface area contributed by atoms with E-state index in [9.17, 15) is 4.79 Å². The molecule has 0 bridgehead atoms. The second-order valence-corrected chi connectivity index (χ2v) is 3.72. The number of nitrogens with one attached hydrogen (secondary N) is 1. The molecule has 0 saturated heterocycles. The van der Waals surface area contributed by atoms with Gasteiger partial charge in [-0.05, 0) is 6.07 Å². The van der Waals surface area contributed by atoms with Gasteiger partial charge in [0.25, 0.3) is 5.56 Å². The van der Waals surface area contributed by atoms with Gasteiger partial charge in [0.1, 0.15) is 0 Å². The second-order valence-electron chi connectivity index (χ2n) is 3.72. The summed E-state index contributed by atoms with van der Waals surface area (Å²) in [5.41, 5.74) is 0.789. The maximum absolute atomic E-state index is 11.6. The van der Waals surface area contributed by atoms with Gasteiger partial charge in [0.15, 0.2) is 6.29 Å². The Morgan fingerprint density at radius 3 is 2.61 bits per heavy atom. The van der Waals surface area contributed by atoms with Crippen LogP contribution in [0.25, 0.3) is 0 Å². The fourth-order valence-electron chi connectivity index (χ4n) is 1.46. The van der Waals surface area contributed by atoms with E-state index in [-0.39, 0.29) is 11.8 Å². The van der Waals surface area contributed by atoms with Crippen LogP contribution in [0.15, 0.2) is 23.1 Å². The average molecular weight is 256 g/mol. The summed E-state index contributed by atoms with van der Waals surface area (Å²) in [5, 5.41) is 3.14. The number of nitrogens with zero attached hydrogens (tertiary/aromatic N) is 1. The lowest BCUT2D eigenvalue weighted by atomic mass is 10.4. The van der Waals surface area contributed by atoms with Gasteiger partial charge in [-0.3, -0.25) is 4.79 Å². The highest BCUT2D eigenvalue weighted by Crippen LogP contribution is 2.04. The molecule has 0 saturated carbocycles. The molecule has 1 N–H and O–H groups in total. The number of ether oxygens (including phenoxy) is 3. The van der Waals surface area contributed by atoms with E-state index in [0.29, 0.717) is 19.7 Å². The van der Waals surface area contributed by atoms with Crippen LogP contribution in [-0.4, -0.2) is 45.3 Å². The van der Waals surface area contributed by atoms with E-state index in [1.54, 1.807) is 38.2 Å². The Morgan fingerprint density at radius 1 is 1.28 bits per heavy atom. The normalized spacial score (nSPS) is 10.9. The summed E-state index contributed by atoms with van der Waals surface area (Å²) >= 11 is 0. The Hall–Kier alpha value is -1.37. The molecular weight excluding hydrogens is 236 g/mol. The quantitative estimate of drug-likeness (QED) is 0.687. The summed E-state index contributed by atoms with van der Waals surface area (Å²) in [4.78, 5) is 11.6. The van der Waals surface area contributed by atoms with Crippen molar-refractivity contribution in [2.75, 3.05) is 39.8 Å². The predicted molar refractivity (Wildman–Crippen MR) is 68.9 cm³/mol. The third kappa shape index (κ3) is 4.48. The maximum atomic E-state index is 11.6. The summed E-state index contributed by atoms with van der Waals surface area (Å²) in [6.45, 7) is 1.54. The van der Waals surface area contributed by atoms with Crippen LogP contribution in [0.2, 0.25) is 0 Å². The first-order chi connectivity index (χ1) is 8.71. The van der Waals surface area contributed by atoms with E-state index in [1.165, 1.54) is 6.07 Å². The van der Waals surface area contributed by atoms with Crippen molar-refractivity contribution >= 4 is 5.69 Å². The highest BCUT2D eigenvalue weighted by molar-refractivity contribution is 5.40. The summed E-state index contributed by atoms with van der Waals surface area (Å²) in [6, 6.07) is 3.25. The van der Waals surface area contributed by atoms with Crippen LogP contribution >= 0.6 is 0 Å². The molecule has 0 aromatic carbocycles. The molecule has 1 rings (SSSR count). The lowest BCUT2D eigenvalue weighted by molar-refractivity contribution is -0.0914. The molecule has 102 valence electrons. The smallest absolute Gasteiger partial charge is 0.250 e. The lowest BCUT2D eigenvalue weighted by Gasteiger charge is -2.15. The monoisotopic (exact) mass is 256 g/mol. The van der Waals surface area contributed by atoms with Crippen molar-refractivity contribution in [3.63, 3.8) is 0 Å². The topological polar surface area (TPSA) is 61.7 Å². The number of hydrogen-bond acceptors (Lipinski definition) is 5. The molecular formula is C12H20N2O4. The van der Waals surface area contributed by atoms with Crippen molar-refractivity contribution < 1.29 is 14.2 Å². The van der Waals surface area contributed by atoms with Gasteiger partial charge in [-0.1, -0.05) is 0 Å². The Kier molecular flexibility index (Phi) is 6.42. The molecule has 0 atom stereocenters. The van der Waals surface area contributed by atoms with Gasteiger partial charge in [-0.15, -0.1) is 0 Å². The summed E-state index contributed by atoms with van der Waals surface area (Å²) < 4.78 is 16.7. The Morgan fingerprint density at radius 2 is 2.00 bits per heavy atom. The van der Waals surface area contributed by atoms with Crippen LogP contribution in [0, 0.1) is 0 Å². The van der Waals surface area contributed by atoms with E-state index in [0.717, 1.165) is 5.69 Å². The van der Waals surface area contributed by atoms with Gasteiger partial charge >= 0.3 is 0 Å². The zero-order chi connectivity index (χ0) is 13.4. The van der Waals surface area contributed by atoms with Crippen molar-refractivity contribution in [1.29, 1.82) is 0 Å². The third-order valence-electron chi connectivity index (χ3n) is 2.52. The van der Waals surface area contributed by atoms with Gasteiger partial charge in [-0.25, -0.2) is 0 Å². The van der Waals surface area contributed by atoms with Crippen LogP contribution in [0.1, 0.15) is 0 Å². The van der Waals surface area contributed by atoms with Crippen molar-refractivity contribution in [2.45, 2.75) is 12.8 Å². The van der Waals surface area contributed by atoms with Crippen molar-refractivity contribution in [2.24, 2.45) is 0 Å². The van der Waals surface area contributed by atoms with Crippen LogP contribution in [0.3, 0.4) is 0 Å². The minimum atomic E-state index is -0.315. The van der Waals surface area contributed by atoms with Gasteiger partial charge < -0.3 is 24.1 Å². The van der Waals surface area contributed by atoms with E-state index in [2.05, 4.69) is 5.32 Å². The third-order valence-corrected chi connectivity index (χ3v) is 2.52. The molecule has 0 spiro atoms. The zero-order valence-electron chi connectivity index (χ0n) is 11.0. The molecule has 0 aliphatic heterocycles. The summed E-state index contributed by atoms with van der Waals surface area (Å²) in [6.07, 6.45) is 1.44. The van der Waals surface area contributed by atoms with Crippen molar-refractivity contribution in [3.05, 3.63) is 28.7 Å². The zero-order valence-corrected chi connectivity index (χ0v) is 11.0. The predicted octanol–water partition coefficient (Wildman–Crippen LogP) is 0.525. The Balaban J connectivity index is 2.63. The largest absolute Gasteiger partial charge is 0.383 e. The fourth-order valence-corrected chi connectivity index (χ4v) is 1.46. The average Bonchev–Trinajstić information content (AvgIpc) is 2.40. The number of pyridine rings is 1. The van der Waals surface area contributed by atoms with Crippen LogP contribution in [-0.2, 0) is 20.8 Å². The van der Waals surface area contributed by atoms with Gasteiger partial charge in [0, 0.05) is 40.1 Å². The molecule has 6 nitrogen and oxygen atoms in total. The van der Waals surface area contributed by atoms with Crippen LogP contribution in [0.4, 0.5) is 5.69 Å². The number of hydrogen-bond donors (Lipinski definition) is 1. The Labute approximate surface area is 106 Å². The second kappa shape index (κ2) is 7.86. The van der Waals surface area contributed by atoms with E-state index < -0.39 is 0 Å². The molecule has 0 unspecified atom stereocenters. The molecule has 0 aliphatic carbocycles. The minimum Gasteiger partial charge on any atom is -0.383 e. The first-order valence-corrected chi connectivity index (χ1v) is 5.70. The molecule has 0 fully saturated rings. The molecule has 1 heterocycles. The molecule has 0 amide bonds. The van der Waals surface area contributed by atoms with E-state index >= 15 is 0 Å². The minimum absolute atomic E-state index is 0.0485. The van der Waals surface area contributed by atoms with Crippen LogP contribution in [0.5, 0.6) is 0 Å². The number of methoxy groups -OCH3 is 3. The molecule has 0 aliphatic rings. The van der Waals surface area contributed by atoms with E-state index in [1.807, 2.05) is 0 Å². The van der Waals surface area contributed by atoms with Crippen LogP contribution < -0.4 is 10.9 Å². The SMILES string of the molecule is COCCn1cc(NCC(OC)OC)ccc1=O. The van der Waals surface area contributed by atoms with Crippen molar-refractivity contribution in [1.82, 2.24) is 4.57 Å². The lowest BCUT2D eigenvalue weighted by Crippen LogP contribution is -2.25. The van der Waals surface area contributed by atoms with Gasteiger partial charge in [0.05, 0.1) is 18.8 Å². The molecule has 1 aromatic rings. The number of anilines is 1. The summed E-state index contributed by atoms with van der Waals surface area (Å²) in [7, 11) is 4.76. The van der Waals surface area contributed by atoms with Gasteiger partial charge in [0.2, 0.25) is 0 Å². The highest BCUT2D eigenvalue weighted by Gasteiger charge is 2.05. The first-order valence-electron chi connectivity index (χ1n) is 5.70.